The monoisotopic (exact) mass is 326 g/mol. The molecule has 5 rings (SSSR count). The van der Waals surface area contributed by atoms with Crippen LogP contribution in [0, 0.1) is 11.3 Å². The first-order valence-corrected chi connectivity index (χ1v) is 8.98. The molecule has 126 valence electrons. The Bertz CT molecular complexity index is 769. The summed E-state index contributed by atoms with van der Waals surface area (Å²) in [5.74, 6) is 1.67. The van der Waals surface area contributed by atoms with Crippen LogP contribution in [0.25, 0.3) is 0 Å². The number of carbonyl (C=O) groups is 2. The summed E-state index contributed by atoms with van der Waals surface area (Å²) in [5.41, 5.74) is 2.19. The summed E-state index contributed by atoms with van der Waals surface area (Å²) in [7, 11) is 0. The lowest BCUT2D eigenvalue weighted by atomic mass is 9.55. The van der Waals surface area contributed by atoms with Gasteiger partial charge in [-0.2, -0.15) is 0 Å². The van der Waals surface area contributed by atoms with Gasteiger partial charge in [0.2, 0.25) is 0 Å². The fourth-order valence-electron chi connectivity index (χ4n) is 5.99. The molecule has 1 spiro atoms. The van der Waals surface area contributed by atoms with Crippen LogP contribution in [0.2, 0.25) is 0 Å². The van der Waals surface area contributed by atoms with E-state index < -0.39 is 0 Å². The summed E-state index contributed by atoms with van der Waals surface area (Å²) in [6.45, 7) is 3.57. The molecule has 5 unspecified atom stereocenters. The minimum atomic E-state index is -0.283. The molecule has 0 aromatic heterocycles. The molecule has 1 saturated heterocycles. The van der Waals surface area contributed by atoms with Gasteiger partial charge in [0.15, 0.2) is 0 Å². The maximum atomic E-state index is 12.5. The van der Waals surface area contributed by atoms with Crippen molar-refractivity contribution in [2.75, 3.05) is 0 Å². The van der Waals surface area contributed by atoms with E-state index in [9.17, 15) is 9.59 Å². The Morgan fingerprint density at radius 3 is 2.96 bits per heavy atom. The molecular weight excluding hydrogens is 304 g/mol. The van der Waals surface area contributed by atoms with Crippen molar-refractivity contribution in [1.82, 2.24) is 0 Å². The van der Waals surface area contributed by atoms with Crippen LogP contribution in [0.15, 0.2) is 18.2 Å². The SMILES string of the molecule is CC(=O)Oc1ccc2c(c1)CCC1C2CCC2(C)C(=O)CC3OC312. The number of ketones is 1. The molecule has 0 radical (unpaired) electrons. The molecule has 24 heavy (non-hydrogen) atoms. The molecular formula is C20H22O4. The second-order valence-electron chi connectivity index (χ2n) is 8.10. The van der Waals surface area contributed by atoms with E-state index in [4.69, 9.17) is 9.47 Å². The van der Waals surface area contributed by atoms with E-state index in [0.29, 0.717) is 29.8 Å². The van der Waals surface area contributed by atoms with Crippen LogP contribution in [0.4, 0.5) is 0 Å². The largest absolute Gasteiger partial charge is 0.427 e. The summed E-state index contributed by atoms with van der Waals surface area (Å²) < 4.78 is 11.4. The number of epoxide rings is 1. The molecule has 1 heterocycles. The number of hydrogen-bond acceptors (Lipinski definition) is 4. The number of hydrogen-bond donors (Lipinski definition) is 0. The first kappa shape index (κ1) is 14.6. The standard InChI is InChI=1S/C20H22O4/c1-11(21)23-13-4-5-14-12(9-13)3-6-16-15(14)7-8-19(2)17(22)10-18-20(16,19)24-18/h4-5,9,15-16,18H,3,6-8,10H2,1-2H3. The first-order valence-electron chi connectivity index (χ1n) is 8.98. The molecule has 4 nitrogen and oxygen atoms in total. The lowest BCUT2D eigenvalue weighted by molar-refractivity contribution is -0.136. The van der Waals surface area contributed by atoms with Crippen molar-refractivity contribution in [3.8, 4) is 5.75 Å². The van der Waals surface area contributed by atoms with Crippen LogP contribution >= 0.6 is 0 Å². The van der Waals surface area contributed by atoms with E-state index in [-0.39, 0.29) is 23.1 Å². The van der Waals surface area contributed by atoms with Crippen LogP contribution in [0.5, 0.6) is 5.75 Å². The van der Waals surface area contributed by atoms with Gasteiger partial charge in [0, 0.05) is 13.3 Å². The molecule has 4 aliphatic rings. The lowest BCUT2D eigenvalue weighted by Crippen LogP contribution is -2.51. The van der Waals surface area contributed by atoms with Gasteiger partial charge in [0.05, 0.1) is 11.5 Å². The van der Waals surface area contributed by atoms with Gasteiger partial charge in [-0.25, -0.2) is 0 Å². The molecule has 2 saturated carbocycles. The Labute approximate surface area is 141 Å². The molecule has 5 atom stereocenters. The van der Waals surface area contributed by atoms with Gasteiger partial charge in [-0.3, -0.25) is 9.59 Å². The summed E-state index contributed by atoms with van der Waals surface area (Å²) in [6, 6.07) is 6.04. The third-order valence-electron chi connectivity index (χ3n) is 7.10. The maximum absolute atomic E-state index is 12.5. The molecule has 1 aromatic carbocycles. The maximum Gasteiger partial charge on any atom is 0.308 e. The number of aryl methyl sites for hydroxylation is 1. The second-order valence-corrected chi connectivity index (χ2v) is 8.10. The zero-order valence-electron chi connectivity index (χ0n) is 14.1. The highest BCUT2D eigenvalue weighted by Crippen LogP contribution is 2.71. The van der Waals surface area contributed by atoms with Crippen molar-refractivity contribution in [2.45, 2.75) is 63.6 Å². The zero-order chi connectivity index (χ0) is 16.7. The molecule has 3 fully saturated rings. The number of Topliss-reactive ketones (excluding diaryl/α,β-unsaturated/α-hetero) is 1. The number of rotatable bonds is 1. The minimum Gasteiger partial charge on any atom is -0.427 e. The Hall–Kier alpha value is -1.68. The topological polar surface area (TPSA) is 55.9 Å². The van der Waals surface area contributed by atoms with E-state index in [2.05, 4.69) is 13.0 Å². The van der Waals surface area contributed by atoms with Gasteiger partial charge in [-0.15, -0.1) is 0 Å². The van der Waals surface area contributed by atoms with E-state index in [1.54, 1.807) is 0 Å². The third-order valence-corrected chi connectivity index (χ3v) is 7.10. The van der Waals surface area contributed by atoms with Gasteiger partial charge in [-0.1, -0.05) is 6.07 Å². The predicted molar refractivity (Wildman–Crippen MR) is 86.9 cm³/mol. The van der Waals surface area contributed by atoms with Crippen LogP contribution in [-0.2, 0) is 20.7 Å². The predicted octanol–water partition coefficient (Wildman–Crippen LogP) is 3.17. The van der Waals surface area contributed by atoms with Crippen molar-refractivity contribution >= 4 is 11.8 Å². The van der Waals surface area contributed by atoms with E-state index >= 15 is 0 Å². The van der Waals surface area contributed by atoms with Gasteiger partial charge in [0.1, 0.15) is 17.1 Å². The molecule has 1 aromatic rings. The van der Waals surface area contributed by atoms with Crippen molar-refractivity contribution in [3.05, 3.63) is 29.3 Å². The van der Waals surface area contributed by atoms with Crippen LogP contribution in [-0.4, -0.2) is 23.5 Å². The summed E-state index contributed by atoms with van der Waals surface area (Å²) in [4.78, 5) is 23.7. The molecule has 0 bridgehead atoms. The third kappa shape index (κ3) is 1.62. The molecule has 0 N–H and O–H groups in total. The first-order chi connectivity index (χ1) is 11.5. The second kappa shape index (κ2) is 4.48. The van der Waals surface area contributed by atoms with Crippen molar-refractivity contribution < 1.29 is 19.1 Å². The minimum absolute atomic E-state index is 0.157. The smallest absolute Gasteiger partial charge is 0.308 e. The van der Waals surface area contributed by atoms with E-state index in [1.807, 2.05) is 12.1 Å². The summed E-state index contributed by atoms with van der Waals surface area (Å²) in [5, 5.41) is 0. The quantitative estimate of drug-likeness (QED) is 0.452. The fourth-order valence-corrected chi connectivity index (χ4v) is 5.99. The van der Waals surface area contributed by atoms with Gasteiger partial charge >= 0.3 is 5.97 Å². The highest BCUT2D eigenvalue weighted by Gasteiger charge is 2.79. The van der Waals surface area contributed by atoms with Crippen molar-refractivity contribution in [3.63, 3.8) is 0 Å². The van der Waals surface area contributed by atoms with Crippen LogP contribution in [0.1, 0.15) is 56.6 Å². The van der Waals surface area contributed by atoms with Crippen molar-refractivity contribution in [1.29, 1.82) is 0 Å². The Kier molecular flexibility index (Phi) is 2.73. The van der Waals surface area contributed by atoms with E-state index in [0.717, 1.165) is 25.7 Å². The number of benzene rings is 1. The van der Waals surface area contributed by atoms with Gasteiger partial charge in [-0.05, 0) is 67.7 Å². The molecule has 0 amide bonds. The van der Waals surface area contributed by atoms with Crippen LogP contribution < -0.4 is 4.74 Å². The number of fused-ring (bicyclic) bond motifs is 3. The van der Waals surface area contributed by atoms with Crippen LogP contribution in [0.3, 0.4) is 0 Å². The normalized spacial score (nSPS) is 41.8. The Morgan fingerprint density at radius 1 is 1.33 bits per heavy atom. The number of esters is 1. The fraction of sp³-hybridized carbons (Fsp3) is 0.600. The molecule has 1 aliphatic heterocycles. The highest BCUT2D eigenvalue weighted by molar-refractivity contribution is 5.91. The average molecular weight is 326 g/mol. The Morgan fingerprint density at radius 2 is 2.17 bits per heavy atom. The Balaban J connectivity index is 1.51. The number of ether oxygens (including phenoxy) is 2. The lowest BCUT2D eigenvalue weighted by Gasteiger charge is -2.48. The highest BCUT2D eigenvalue weighted by atomic mass is 16.6. The summed E-state index contributed by atoms with van der Waals surface area (Å²) >= 11 is 0. The van der Waals surface area contributed by atoms with Crippen molar-refractivity contribution in [2.24, 2.45) is 11.3 Å². The zero-order valence-corrected chi connectivity index (χ0v) is 14.1. The molecule has 4 heteroatoms. The van der Waals surface area contributed by atoms with E-state index in [1.165, 1.54) is 18.1 Å². The molecule has 3 aliphatic carbocycles. The summed E-state index contributed by atoms with van der Waals surface area (Å²) in [6.07, 6.45) is 4.76. The van der Waals surface area contributed by atoms with Gasteiger partial charge in [0.25, 0.3) is 0 Å². The average Bonchev–Trinajstić information content (AvgIpc) is 3.19. The van der Waals surface area contributed by atoms with Gasteiger partial charge < -0.3 is 9.47 Å². The number of carbonyl (C=O) groups excluding carboxylic acids is 2.